The second-order valence-electron chi connectivity index (χ2n) is 2.35. The first kappa shape index (κ1) is 9.72. The number of rotatable bonds is 3. The normalized spacial score (nSPS) is 9.92. The SMILES string of the molecule is O=C=Nc1cccc(C=CCCl)c1. The van der Waals surface area contributed by atoms with Gasteiger partial charge in [0.25, 0.3) is 0 Å². The Morgan fingerprint density at radius 2 is 2.38 bits per heavy atom. The highest BCUT2D eigenvalue weighted by atomic mass is 35.5. The highest BCUT2D eigenvalue weighted by molar-refractivity contribution is 6.19. The molecule has 0 aliphatic rings. The summed E-state index contributed by atoms with van der Waals surface area (Å²) in [6, 6.07) is 7.26. The van der Waals surface area contributed by atoms with Gasteiger partial charge in [-0.1, -0.05) is 24.3 Å². The summed E-state index contributed by atoms with van der Waals surface area (Å²) >= 11 is 5.48. The second kappa shape index (κ2) is 5.31. The third kappa shape index (κ3) is 3.24. The zero-order chi connectivity index (χ0) is 9.52. The monoisotopic (exact) mass is 193 g/mol. The van der Waals surface area contributed by atoms with Crippen molar-refractivity contribution in [2.45, 2.75) is 0 Å². The standard InChI is InChI=1S/C10H8ClNO/c11-6-2-4-9-3-1-5-10(7-9)12-8-13/h1-5,7H,6H2. The summed E-state index contributed by atoms with van der Waals surface area (Å²) in [6.45, 7) is 0. The molecule has 0 spiro atoms. The molecule has 0 heterocycles. The number of isocyanates is 1. The molecule has 0 bridgehead atoms. The molecule has 3 heteroatoms. The maximum absolute atomic E-state index is 9.97. The van der Waals surface area contributed by atoms with Crippen LogP contribution in [0.1, 0.15) is 5.56 Å². The van der Waals surface area contributed by atoms with E-state index in [2.05, 4.69) is 4.99 Å². The van der Waals surface area contributed by atoms with E-state index in [4.69, 9.17) is 11.6 Å². The van der Waals surface area contributed by atoms with Gasteiger partial charge in [-0.05, 0) is 17.7 Å². The predicted octanol–water partition coefficient (Wildman–Crippen LogP) is 2.91. The lowest BCUT2D eigenvalue weighted by molar-refractivity contribution is 0.565. The van der Waals surface area contributed by atoms with Crippen LogP contribution in [0.2, 0.25) is 0 Å². The van der Waals surface area contributed by atoms with Gasteiger partial charge in [0, 0.05) is 5.88 Å². The van der Waals surface area contributed by atoms with Crippen LogP contribution in [0, 0.1) is 0 Å². The molecule has 0 atom stereocenters. The second-order valence-corrected chi connectivity index (χ2v) is 2.66. The van der Waals surface area contributed by atoms with Crippen LogP contribution in [0.3, 0.4) is 0 Å². The van der Waals surface area contributed by atoms with E-state index in [0.717, 1.165) is 5.56 Å². The van der Waals surface area contributed by atoms with Crippen molar-refractivity contribution in [3.05, 3.63) is 35.9 Å². The summed E-state index contributed by atoms with van der Waals surface area (Å²) in [7, 11) is 0. The van der Waals surface area contributed by atoms with Crippen LogP contribution in [0.15, 0.2) is 35.3 Å². The minimum Gasteiger partial charge on any atom is -0.211 e. The Balaban J connectivity index is 2.91. The van der Waals surface area contributed by atoms with Crippen LogP contribution in [-0.4, -0.2) is 12.0 Å². The molecule has 0 aliphatic heterocycles. The Morgan fingerprint density at radius 1 is 1.54 bits per heavy atom. The predicted molar refractivity (Wildman–Crippen MR) is 54.0 cm³/mol. The van der Waals surface area contributed by atoms with Gasteiger partial charge in [-0.15, -0.1) is 11.6 Å². The number of hydrogen-bond donors (Lipinski definition) is 0. The quantitative estimate of drug-likeness (QED) is 0.412. The summed E-state index contributed by atoms with van der Waals surface area (Å²) in [5.41, 5.74) is 1.57. The van der Waals surface area contributed by atoms with Gasteiger partial charge in [0.1, 0.15) is 0 Å². The van der Waals surface area contributed by atoms with E-state index in [9.17, 15) is 4.79 Å². The first-order valence-corrected chi connectivity index (χ1v) is 4.30. The smallest absolute Gasteiger partial charge is 0.211 e. The van der Waals surface area contributed by atoms with E-state index in [1.807, 2.05) is 24.3 Å². The molecule has 0 saturated heterocycles. The topological polar surface area (TPSA) is 29.4 Å². The highest BCUT2D eigenvalue weighted by Crippen LogP contribution is 2.14. The number of benzene rings is 1. The minimum absolute atomic E-state index is 0.473. The van der Waals surface area contributed by atoms with E-state index in [1.165, 1.54) is 6.08 Å². The molecule has 0 fully saturated rings. The number of allylic oxidation sites excluding steroid dienone is 1. The fourth-order valence-electron chi connectivity index (χ4n) is 0.931. The van der Waals surface area contributed by atoms with Crippen LogP contribution in [0.4, 0.5) is 5.69 Å². The van der Waals surface area contributed by atoms with E-state index in [-0.39, 0.29) is 0 Å². The molecule has 0 amide bonds. The fraction of sp³-hybridized carbons (Fsp3) is 0.100. The Morgan fingerprint density at radius 3 is 3.08 bits per heavy atom. The van der Waals surface area contributed by atoms with Crippen molar-refractivity contribution >= 4 is 29.4 Å². The van der Waals surface area contributed by atoms with Gasteiger partial charge in [0.15, 0.2) is 0 Å². The van der Waals surface area contributed by atoms with E-state index in [1.54, 1.807) is 12.1 Å². The maximum atomic E-state index is 9.97. The Hall–Kier alpha value is -1.37. The molecule has 13 heavy (non-hydrogen) atoms. The third-order valence-corrected chi connectivity index (χ3v) is 1.62. The van der Waals surface area contributed by atoms with Gasteiger partial charge in [0.05, 0.1) is 5.69 Å². The van der Waals surface area contributed by atoms with Gasteiger partial charge >= 0.3 is 0 Å². The molecule has 1 aromatic carbocycles. The molecule has 2 nitrogen and oxygen atoms in total. The van der Waals surface area contributed by atoms with Gasteiger partial charge in [-0.25, -0.2) is 4.79 Å². The zero-order valence-corrected chi connectivity index (χ0v) is 7.66. The Bertz CT molecular complexity index is 354. The van der Waals surface area contributed by atoms with E-state index in [0.29, 0.717) is 11.6 Å². The molecule has 0 aliphatic carbocycles. The van der Waals surface area contributed by atoms with Gasteiger partial charge in [-0.2, -0.15) is 4.99 Å². The number of nitrogens with zero attached hydrogens (tertiary/aromatic N) is 1. The molecule has 0 N–H and O–H groups in total. The number of hydrogen-bond acceptors (Lipinski definition) is 2. The van der Waals surface area contributed by atoms with Crippen LogP contribution in [0.5, 0.6) is 0 Å². The van der Waals surface area contributed by atoms with Crippen LogP contribution in [0.25, 0.3) is 6.08 Å². The molecule has 1 rings (SSSR count). The minimum atomic E-state index is 0.473. The van der Waals surface area contributed by atoms with Crippen LogP contribution < -0.4 is 0 Å². The number of halogens is 1. The average Bonchev–Trinajstić information content (AvgIpc) is 2.16. The lowest BCUT2D eigenvalue weighted by atomic mass is 10.2. The van der Waals surface area contributed by atoms with Crippen molar-refractivity contribution in [2.75, 3.05) is 5.88 Å². The van der Waals surface area contributed by atoms with Gasteiger partial charge < -0.3 is 0 Å². The van der Waals surface area contributed by atoms with Crippen molar-refractivity contribution < 1.29 is 4.79 Å². The Kier molecular flexibility index (Phi) is 3.97. The summed E-state index contributed by atoms with van der Waals surface area (Å²) in [5, 5.41) is 0. The van der Waals surface area contributed by atoms with Gasteiger partial charge in [0.2, 0.25) is 6.08 Å². The van der Waals surface area contributed by atoms with Crippen molar-refractivity contribution in [1.29, 1.82) is 0 Å². The van der Waals surface area contributed by atoms with Crippen molar-refractivity contribution in [1.82, 2.24) is 0 Å². The van der Waals surface area contributed by atoms with Crippen LogP contribution >= 0.6 is 11.6 Å². The molecular weight excluding hydrogens is 186 g/mol. The number of carbonyl (C=O) groups excluding carboxylic acids is 1. The molecule has 66 valence electrons. The summed E-state index contributed by atoms with van der Waals surface area (Å²) in [5.74, 6) is 0.473. The Labute approximate surface area is 81.6 Å². The molecule has 0 radical (unpaired) electrons. The van der Waals surface area contributed by atoms with Crippen molar-refractivity contribution in [3.8, 4) is 0 Å². The lowest BCUT2D eigenvalue weighted by Gasteiger charge is -1.93. The third-order valence-electron chi connectivity index (χ3n) is 1.44. The largest absolute Gasteiger partial charge is 0.240 e. The highest BCUT2D eigenvalue weighted by Gasteiger charge is 1.89. The zero-order valence-electron chi connectivity index (χ0n) is 6.90. The van der Waals surface area contributed by atoms with Crippen molar-refractivity contribution in [3.63, 3.8) is 0 Å². The molecule has 1 aromatic rings. The first-order valence-electron chi connectivity index (χ1n) is 3.77. The average molecular weight is 194 g/mol. The first-order chi connectivity index (χ1) is 6.36. The molecule has 0 saturated carbocycles. The molecule has 0 unspecified atom stereocenters. The number of aliphatic imine (C=N–C) groups is 1. The van der Waals surface area contributed by atoms with E-state index >= 15 is 0 Å². The maximum Gasteiger partial charge on any atom is 0.240 e. The van der Waals surface area contributed by atoms with Gasteiger partial charge in [-0.3, -0.25) is 0 Å². The van der Waals surface area contributed by atoms with Crippen LogP contribution in [-0.2, 0) is 4.79 Å². The summed E-state index contributed by atoms with van der Waals surface area (Å²) < 4.78 is 0. The molecule has 0 aromatic heterocycles. The molecular formula is C10H8ClNO. The number of alkyl halides is 1. The van der Waals surface area contributed by atoms with E-state index < -0.39 is 0 Å². The lowest BCUT2D eigenvalue weighted by Crippen LogP contribution is -1.71. The van der Waals surface area contributed by atoms with Crippen molar-refractivity contribution in [2.24, 2.45) is 4.99 Å². The fourth-order valence-corrected chi connectivity index (χ4v) is 1.02. The summed E-state index contributed by atoms with van der Waals surface area (Å²) in [6.07, 6.45) is 5.19. The summed E-state index contributed by atoms with van der Waals surface area (Å²) in [4.78, 5) is 13.5.